The molecule has 2 nitrogen and oxygen atoms in total. The van der Waals surface area contributed by atoms with E-state index >= 15 is 0 Å². The second-order valence-electron chi connectivity index (χ2n) is 4.15. The van der Waals surface area contributed by atoms with Gasteiger partial charge in [0, 0.05) is 13.2 Å². The third-order valence-electron chi connectivity index (χ3n) is 3.06. The lowest BCUT2D eigenvalue weighted by Crippen LogP contribution is -2.35. The standard InChI is InChI=1S/C11H23NO/c1-2-11-6-5-8-12(10-11)7-3-4-9-13/h11,13H,2-10H2,1H3. The predicted octanol–water partition coefficient (Wildman–Crippen LogP) is 1.88. The molecule has 78 valence electrons. The Labute approximate surface area is 81.9 Å². The molecular formula is C11H23NO. The Morgan fingerprint density at radius 1 is 1.38 bits per heavy atom. The molecule has 13 heavy (non-hydrogen) atoms. The lowest BCUT2D eigenvalue weighted by Gasteiger charge is -2.32. The summed E-state index contributed by atoms with van der Waals surface area (Å²) >= 11 is 0. The lowest BCUT2D eigenvalue weighted by atomic mass is 9.95. The molecule has 0 bridgehead atoms. The van der Waals surface area contributed by atoms with Crippen molar-refractivity contribution in [3.8, 4) is 0 Å². The topological polar surface area (TPSA) is 23.5 Å². The highest BCUT2D eigenvalue weighted by Crippen LogP contribution is 2.19. The maximum absolute atomic E-state index is 8.68. The quantitative estimate of drug-likeness (QED) is 0.661. The van der Waals surface area contributed by atoms with Crippen LogP contribution in [0.2, 0.25) is 0 Å². The zero-order valence-electron chi connectivity index (χ0n) is 8.84. The van der Waals surface area contributed by atoms with E-state index in [9.17, 15) is 0 Å². The number of nitrogens with zero attached hydrogens (tertiary/aromatic N) is 1. The van der Waals surface area contributed by atoms with Crippen LogP contribution in [0.25, 0.3) is 0 Å². The monoisotopic (exact) mass is 185 g/mol. The van der Waals surface area contributed by atoms with Gasteiger partial charge in [-0.25, -0.2) is 0 Å². The Morgan fingerprint density at radius 3 is 2.92 bits per heavy atom. The average molecular weight is 185 g/mol. The number of piperidine rings is 1. The zero-order valence-corrected chi connectivity index (χ0v) is 8.84. The minimum Gasteiger partial charge on any atom is -0.396 e. The molecule has 1 unspecified atom stereocenters. The number of aliphatic hydroxyl groups excluding tert-OH is 1. The Kier molecular flexibility index (Phi) is 5.40. The largest absolute Gasteiger partial charge is 0.396 e. The molecule has 0 aromatic carbocycles. The summed E-state index contributed by atoms with van der Waals surface area (Å²) in [5, 5.41) is 8.68. The molecule has 0 amide bonds. The van der Waals surface area contributed by atoms with Crippen molar-refractivity contribution >= 4 is 0 Å². The molecule has 0 radical (unpaired) electrons. The second-order valence-corrected chi connectivity index (χ2v) is 4.15. The van der Waals surface area contributed by atoms with Crippen LogP contribution in [0.15, 0.2) is 0 Å². The minimum atomic E-state index is 0.352. The Balaban J connectivity index is 2.11. The van der Waals surface area contributed by atoms with Gasteiger partial charge in [-0.2, -0.15) is 0 Å². The number of hydrogen-bond donors (Lipinski definition) is 1. The van der Waals surface area contributed by atoms with Gasteiger partial charge in [-0.3, -0.25) is 0 Å². The summed E-state index contributed by atoms with van der Waals surface area (Å²) in [5.74, 6) is 0.933. The fraction of sp³-hybridized carbons (Fsp3) is 1.00. The van der Waals surface area contributed by atoms with E-state index < -0.39 is 0 Å². The third kappa shape index (κ3) is 4.10. The zero-order chi connectivity index (χ0) is 9.52. The van der Waals surface area contributed by atoms with Gasteiger partial charge in [0.25, 0.3) is 0 Å². The van der Waals surface area contributed by atoms with Gasteiger partial charge >= 0.3 is 0 Å². The molecule has 1 N–H and O–H groups in total. The number of likely N-dealkylation sites (tertiary alicyclic amines) is 1. The Bertz CT molecular complexity index is 127. The van der Waals surface area contributed by atoms with E-state index in [1.54, 1.807) is 0 Å². The smallest absolute Gasteiger partial charge is 0.0431 e. The van der Waals surface area contributed by atoms with Gasteiger partial charge in [-0.1, -0.05) is 13.3 Å². The van der Waals surface area contributed by atoms with Gasteiger partial charge in [0.15, 0.2) is 0 Å². The van der Waals surface area contributed by atoms with Crippen LogP contribution in [0, 0.1) is 5.92 Å². The first-order valence-electron chi connectivity index (χ1n) is 5.70. The lowest BCUT2D eigenvalue weighted by molar-refractivity contribution is 0.164. The summed E-state index contributed by atoms with van der Waals surface area (Å²) in [7, 11) is 0. The summed E-state index contributed by atoms with van der Waals surface area (Å²) in [6, 6.07) is 0. The predicted molar refractivity (Wildman–Crippen MR) is 55.8 cm³/mol. The van der Waals surface area contributed by atoms with E-state index in [-0.39, 0.29) is 0 Å². The summed E-state index contributed by atoms with van der Waals surface area (Å²) in [5.41, 5.74) is 0. The summed E-state index contributed by atoms with van der Waals surface area (Å²) in [4.78, 5) is 2.56. The molecule has 0 aromatic heterocycles. The Hall–Kier alpha value is -0.0800. The van der Waals surface area contributed by atoms with Gasteiger partial charge < -0.3 is 10.0 Å². The average Bonchev–Trinajstić information content (AvgIpc) is 2.19. The van der Waals surface area contributed by atoms with Gasteiger partial charge in [0.2, 0.25) is 0 Å². The van der Waals surface area contributed by atoms with Crippen molar-refractivity contribution < 1.29 is 5.11 Å². The first-order valence-corrected chi connectivity index (χ1v) is 5.70. The molecule has 1 saturated heterocycles. The maximum atomic E-state index is 8.68. The molecule has 1 atom stereocenters. The van der Waals surface area contributed by atoms with Crippen LogP contribution in [0.3, 0.4) is 0 Å². The van der Waals surface area contributed by atoms with Gasteiger partial charge in [0.1, 0.15) is 0 Å². The molecule has 1 heterocycles. The van der Waals surface area contributed by atoms with Crippen molar-refractivity contribution in [2.75, 3.05) is 26.2 Å². The molecular weight excluding hydrogens is 162 g/mol. The fourth-order valence-electron chi connectivity index (χ4n) is 2.13. The second kappa shape index (κ2) is 6.39. The number of unbranched alkanes of at least 4 members (excludes halogenated alkanes) is 1. The molecule has 0 spiro atoms. The van der Waals surface area contributed by atoms with Crippen LogP contribution in [-0.2, 0) is 0 Å². The summed E-state index contributed by atoms with van der Waals surface area (Å²) < 4.78 is 0. The minimum absolute atomic E-state index is 0.352. The number of hydrogen-bond acceptors (Lipinski definition) is 2. The van der Waals surface area contributed by atoms with Crippen LogP contribution in [0.4, 0.5) is 0 Å². The van der Waals surface area contributed by atoms with Crippen molar-refractivity contribution in [2.24, 2.45) is 5.92 Å². The summed E-state index contributed by atoms with van der Waals surface area (Å²) in [6.07, 6.45) is 6.25. The molecule has 0 aromatic rings. The molecule has 1 aliphatic rings. The van der Waals surface area contributed by atoms with E-state index in [0.717, 1.165) is 18.8 Å². The van der Waals surface area contributed by atoms with E-state index in [2.05, 4.69) is 11.8 Å². The fourth-order valence-corrected chi connectivity index (χ4v) is 2.13. The molecule has 0 aliphatic carbocycles. The van der Waals surface area contributed by atoms with Crippen LogP contribution < -0.4 is 0 Å². The van der Waals surface area contributed by atoms with Gasteiger partial charge in [-0.05, 0) is 44.7 Å². The van der Waals surface area contributed by atoms with E-state index in [1.165, 1.54) is 38.9 Å². The van der Waals surface area contributed by atoms with Crippen LogP contribution in [-0.4, -0.2) is 36.2 Å². The van der Waals surface area contributed by atoms with Crippen molar-refractivity contribution in [3.63, 3.8) is 0 Å². The van der Waals surface area contributed by atoms with Crippen molar-refractivity contribution in [3.05, 3.63) is 0 Å². The van der Waals surface area contributed by atoms with Crippen LogP contribution in [0.5, 0.6) is 0 Å². The SMILES string of the molecule is CCC1CCCN(CCCCO)C1. The van der Waals surface area contributed by atoms with Crippen molar-refractivity contribution in [1.82, 2.24) is 4.90 Å². The normalized spacial score (nSPS) is 24.9. The highest BCUT2D eigenvalue weighted by molar-refractivity contribution is 4.71. The van der Waals surface area contributed by atoms with Crippen LogP contribution >= 0.6 is 0 Å². The Morgan fingerprint density at radius 2 is 2.23 bits per heavy atom. The summed E-state index contributed by atoms with van der Waals surface area (Å²) in [6.45, 7) is 6.41. The van der Waals surface area contributed by atoms with E-state index in [0.29, 0.717) is 6.61 Å². The number of aliphatic hydroxyl groups is 1. The van der Waals surface area contributed by atoms with Crippen molar-refractivity contribution in [2.45, 2.75) is 39.0 Å². The third-order valence-corrected chi connectivity index (χ3v) is 3.06. The first-order chi connectivity index (χ1) is 6.36. The van der Waals surface area contributed by atoms with Gasteiger partial charge in [-0.15, -0.1) is 0 Å². The maximum Gasteiger partial charge on any atom is 0.0431 e. The molecule has 0 saturated carbocycles. The highest BCUT2D eigenvalue weighted by atomic mass is 16.2. The van der Waals surface area contributed by atoms with Crippen molar-refractivity contribution in [1.29, 1.82) is 0 Å². The molecule has 1 fully saturated rings. The van der Waals surface area contributed by atoms with E-state index in [4.69, 9.17) is 5.11 Å². The molecule has 2 heteroatoms. The van der Waals surface area contributed by atoms with Gasteiger partial charge in [0.05, 0.1) is 0 Å². The first kappa shape index (κ1) is 11.0. The number of rotatable bonds is 5. The van der Waals surface area contributed by atoms with E-state index in [1.807, 2.05) is 0 Å². The molecule has 1 rings (SSSR count). The highest BCUT2D eigenvalue weighted by Gasteiger charge is 2.17. The molecule has 1 aliphatic heterocycles. The van der Waals surface area contributed by atoms with Crippen LogP contribution in [0.1, 0.15) is 39.0 Å².